The molecule has 3 nitrogen and oxygen atoms in total. The van der Waals surface area contributed by atoms with Crippen LogP contribution in [0.2, 0.25) is 0 Å². The molecule has 0 bridgehead atoms. The minimum Gasteiger partial charge on any atom is -0.462 e. The van der Waals surface area contributed by atoms with Gasteiger partial charge >= 0.3 is 5.97 Å². The zero-order chi connectivity index (χ0) is 9.56. The Hall–Kier alpha value is -1.12. The summed E-state index contributed by atoms with van der Waals surface area (Å²) in [7, 11) is 0. The van der Waals surface area contributed by atoms with Crippen LogP contribution in [0.3, 0.4) is 0 Å². The van der Waals surface area contributed by atoms with E-state index in [1.807, 2.05) is 0 Å². The summed E-state index contributed by atoms with van der Waals surface area (Å²) in [5.74, 6) is -0.636. The van der Waals surface area contributed by atoms with Gasteiger partial charge in [-0.1, -0.05) is 6.08 Å². The number of Topliss-reactive ketones (excluding diaryl/α,β-unsaturated/α-hetero) is 1. The zero-order valence-electron chi connectivity index (χ0n) is 7.50. The molecule has 0 unspecified atom stereocenters. The minimum absolute atomic E-state index is 0.137. The third kappa shape index (κ3) is 5.65. The summed E-state index contributed by atoms with van der Waals surface area (Å²) in [6.07, 6.45) is 1.96. The molecule has 0 aromatic carbocycles. The monoisotopic (exact) mass is 170 g/mol. The second-order valence-corrected chi connectivity index (χ2v) is 2.70. The molecular formula is C9H14O3. The molecule has 0 aromatic heterocycles. The van der Waals surface area contributed by atoms with Crippen LogP contribution in [0.5, 0.6) is 0 Å². The average molecular weight is 170 g/mol. The Morgan fingerprint density at radius 2 is 2.17 bits per heavy atom. The molecule has 0 N–H and O–H groups in total. The predicted octanol–water partition coefficient (Wildman–Crippen LogP) is 1.47. The Balaban J connectivity index is 3.68. The van der Waals surface area contributed by atoms with Crippen molar-refractivity contribution >= 4 is 11.8 Å². The van der Waals surface area contributed by atoms with Crippen molar-refractivity contribution in [1.82, 2.24) is 0 Å². The summed E-state index contributed by atoms with van der Waals surface area (Å²) < 4.78 is 4.87. The zero-order valence-corrected chi connectivity index (χ0v) is 7.50. The number of rotatable bonds is 5. The number of ketones is 1. The Kier molecular flexibility index (Phi) is 5.00. The van der Waals surface area contributed by atoms with Crippen LogP contribution in [-0.4, -0.2) is 17.9 Å². The lowest BCUT2D eigenvalue weighted by atomic mass is 10.3. The summed E-state index contributed by atoms with van der Waals surface area (Å²) in [6, 6.07) is 0. The van der Waals surface area contributed by atoms with Gasteiger partial charge in [0.25, 0.3) is 0 Å². The molecule has 0 aliphatic rings. The highest BCUT2D eigenvalue weighted by Crippen LogP contribution is 2.00. The minimum atomic E-state index is -0.461. The number of esters is 1. The molecule has 12 heavy (non-hydrogen) atoms. The Morgan fingerprint density at radius 3 is 2.58 bits per heavy atom. The van der Waals surface area contributed by atoms with E-state index >= 15 is 0 Å². The first-order chi connectivity index (χ1) is 5.56. The molecule has 0 saturated carbocycles. The highest BCUT2D eigenvalue weighted by molar-refractivity contribution is 5.94. The first kappa shape index (κ1) is 10.9. The molecule has 0 radical (unpaired) electrons. The fourth-order valence-electron chi connectivity index (χ4n) is 0.752. The lowest BCUT2D eigenvalue weighted by Crippen LogP contribution is -2.16. The van der Waals surface area contributed by atoms with Gasteiger partial charge in [-0.3, -0.25) is 9.59 Å². The van der Waals surface area contributed by atoms with E-state index in [0.29, 0.717) is 6.42 Å². The van der Waals surface area contributed by atoms with Gasteiger partial charge in [0.05, 0.1) is 0 Å². The average Bonchev–Trinajstić information content (AvgIpc) is 1.84. The van der Waals surface area contributed by atoms with Crippen LogP contribution in [0.4, 0.5) is 0 Å². The molecule has 0 spiro atoms. The third-order valence-electron chi connectivity index (χ3n) is 1.22. The van der Waals surface area contributed by atoms with Gasteiger partial charge in [-0.25, -0.2) is 0 Å². The van der Waals surface area contributed by atoms with E-state index < -0.39 is 5.97 Å². The van der Waals surface area contributed by atoms with Crippen LogP contribution in [0.1, 0.15) is 26.7 Å². The van der Waals surface area contributed by atoms with E-state index in [4.69, 9.17) is 4.74 Å². The largest absolute Gasteiger partial charge is 0.462 e. The Labute approximate surface area is 72.4 Å². The number of ether oxygens (including phenoxy) is 1. The lowest BCUT2D eigenvalue weighted by molar-refractivity contribution is -0.149. The van der Waals surface area contributed by atoms with Crippen molar-refractivity contribution in [2.75, 3.05) is 0 Å². The molecule has 0 saturated heterocycles. The maximum Gasteiger partial charge on any atom is 0.313 e. The van der Waals surface area contributed by atoms with Crippen LogP contribution in [0.15, 0.2) is 12.7 Å². The van der Waals surface area contributed by atoms with Gasteiger partial charge in [-0.05, 0) is 13.8 Å². The standard InChI is InChI=1S/C9H14O3/c1-4-5-8(3)12-9(11)6-7(2)10/h4,8H,1,5-6H2,2-3H3/t8-/m0/s1. The normalized spacial score (nSPS) is 11.8. The Morgan fingerprint density at radius 1 is 1.58 bits per heavy atom. The van der Waals surface area contributed by atoms with Crippen molar-refractivity contribution in [3.8, 4) is 0 Å². The molecule has 0 fully saturated rings. The summed E-state index contributed by atoms with van der Waals surface area (Å²) in [4.78, 5) is 21.3. The van der Waals surface area contributed by atoms with Crippen molar-refractivity contribution in [3.05, 3.63) is 12.7 Å². The fourth-order valence-corrected chi connectivity index (χ4v) is 0.752. The van der Waals surface area contributed by atoms with Crippen molar-refractivity contribution in [1.29, 1.82) is 0 Å². The van der Waals surface area contributed by atoms with Crippen molar-refractivity contribution in [3.63, 3.8) is 0 Å². The van der Waals surface area contributed by atoms with E-state index in [1.54, 1.807) is 13.0 Å². The first-order valence-electron chi connectivity index (χ1n) is 3.86. The fraction of sp³-hybridized carbons (Fsp3) is 0.556. The lowest BCUT2D eigenvalue weighted by Gasteiger charge is -2.09. The van der Waals surface area contributed by atoms with Gasteiger partial charge in [-0.2, -0.15) is 0 Å². The SMILES string of the molecule is C=CC[C@H](C)OC(=O)CC(C)=O. The number of carbonyl (C=O) groups excluding carboxylic acids is 2. The van der Waals surface area contributed by atoms with Crippen LogP contribution < -0.4 is 0 Å². The van der Waals surface area contributed by atoms with E-state index in [-0.39, 0.29) is 18.3 Å². The van der Waals surface area contributed by atoms with E-state index in [2.05, 4.69) is 6.58 Å². The van der Waals surface area contributed by atoms with E-state index in [9.17, 15) is 9.59 Å². The molecule has 0 aromatic rings. The van der Waals surface area contributed by atoms with E-state index in [0.717, 1.165) is 0 Å². The number of carbonyl (C=O) groups is 2. The van der Waals surface area contributed by atoms with Gasteiger partial charge in [0.1, 0.15) is 18.3 Å². The summed E-state index contributed by atoms with van der Waals surface area (Å²) in [5, 5.41) is 0. The third-order valence-corrected chi connectivity index (χ3v) is 1.22. The first-order valence-corrected chi connectivity index (χ1v) is 3.86. The van der Waals surface area contributed by atoms with Crippen LogP contribution in [-0.2, 0) is 14.3 Å². The summed E-state index contributed by atoms with van der Waals surface area (Å²) in [5.41, 5.74) is 0. The maximum atomic E-state index is 10.9. The highest BCUT2D eigenvalue weighted by atomic mass is 16.5. The van der Waals surface area contributed by atoms with Gasteiger partial charge in [0.15, 0.2) is 0 Å². The van der Waals surface area contributed by atoms with Gasteiger partial charge < -0.3 is 4.74 Å². The molecule has 68 valence electrons. The van der Waals surface area contributed by atoms with Crippen molar-refractivity contribution in [2.24, 2.45) is 0 Å². The highest BCUT2D eigenvalue weighted by Gasteiger charge is 2.09. The van der Waals surface area contributed by atoms with Crippen LogP contribution >= 0.6 is 0 Å². The molecule has 0 amide bonds. The molecule has 0 rings (SSSR count). The van der Waals surface area contributed by atoms with Gasteiger partial charge in [0.2, 0.25) is 0 Å². The van der Waals surface area contributed by atoms with E-state index in [1.165, 1.54) is 6.92 Å². The van der Waals surface area contributed by atoms with Crippen molar-refractivity contribution in [2.45, 2.75) is 32.8 Å². The summed E-state index contributed by atoms with van der Waals surface area (Å²) in [6.45, 7) is 6.63. The van der Waals surface area contributed by atoms with Gasteiger partial charge in [-0.15, -0.1) is 6.58 Å². The maximum absolute atomic E-state index is 10.9. The van der Waals surface area contributed by atoms with Crippen molar-refractivity contribution < 1.29 is 14.3 Å². The molecule has 0 heterocycles. The van der Waals surface area contributed by atoms with Gasteiger partial charge in [0, 0.05) is 6.42 Å². The smallest absolute Gasteiger partial charge is 0.313 e. The Bertz CT molecular complexity index is 184. The predicted molar refractivity (Wildman–Crippen MR) is 45.7 cm³/mol. The topological polar surface area (TPSA) is 43.4 Å². The molecular weight excluding hydrogens is 156 g/mol. The van der Waals surface area contributed by atoms with Crippen LogP contribution in [0.25, 0.3) is 0 Å². The molecule has 1 atom stereocenters. The summed E-state index contributed by atoms with van der Waals surface area (Å²) >= 11 is 0. The molecule has 0 aliphatic heterocycles. The second-order valence-electron chi connectivity index (χ2n) is 2.70. The number of hydrogen-bond acceptors (Lipinski definition) is 3. The number of hydrogen-bond donors (Lipinski definition) is 0. The molecule has 3 heteroatoms. The van der Waals surface area contributed by atoms with Crippen LogP contribution in [0, 0.1) is 0 Å². The second kappa shape index (κ2) is 5.52. The molecule has 0 aliphatic carbocycles. The quantitative estimate of drug-likeness (QED) is 0.356.